The average Bonchev–Trinajstić information content (AvgIpc) is 2.71. The fourth-order valence-electron chi connectivity index (χ4n) is 2.66. The van der Waals surface area contributed by atoms with Crippen LogP contribution in [0.2, 0.25) is 0 Å². The number of nitrogens with zero attached hydrogens (tertiary/aromatic N) is 3. The largest absolute Gasteiger partial charge is 0.476 e. The van der Waals surface area contributed by atoms with Crippen molar-refractivity contribution in [3.8, 4) is 5.88 Å². The highest BCUT2D eigenvalue weighted by Gasteiger charge is 2.35. The Morgan fingerprint density at radius 3 is 2.78 bits per heavy atom. The van der Waals surface area contributed by atoms with E-state index in [-0.39, 0.29) is 0 Å². The molecule has 0 saturated carbocycles. The van der Waals surface area contributed by atoms with E-state index in [1.807, 2.05) is 6.92 Å². The number of rotatable bonds is 3. The van der Waals surface area contributed by atoms with E-state index in [9.17, 15) is 0 Å². The molecule has 2 fully saturated rings. The SMILES string of the molecule is CCOc1ncnc(N2CC3CCC(C2)O3)c1N. The molecule has 2 N–H and O–H groups in total. The second-order valence-electron chi connectivity index (χ2n) is 4.71. The third-order valence-electron chi connectivity index (χ3n) is 3.45. The number of nitrogen functional groups attached to an aromatic ring is 1. The first-order valence-corrected chi connectivity index (χ1v) is 6.41. The summed E-state index contributed by atoms with van der Waals surface area (Å²) in [7, 11) is 0. The summed E-state index contributed by atoms with van der Waals surface area (Å²) >= 11 is 0. The first-order valence-electron chi connectivity index (χ1n) is 6.41. The topological polar surface area (TPSA) is 73.5 Å². The van der Waals surface area contributed by atoms with Gasteiger partial charge >= 0.3 is 0 Å². The van der Waals surface area contributed by atoms with Crippen LogP contribution < -0.4 is 15.4 Å². The number of aromatic nitrogens is 2. The standard InChI is InChI=1S/C12H18N4O2/c1-2-17-12-10(13)11(14-7-15-12)16-5-8-3-4-9(6-16)18-8/h7-9H,2-6,13H2,1H3. The Morgan fingerprint density at radius 2 is 2.11 bits per heavy atom. The van der Waals surface area contributed by atoms with Crippen molar-refractivity contribution in [2.24, 2.45) is 0 Å². The van der Waals surface area contributed by atoms with E-state index in [4.69, 9.17) is 15.2 Å². The summed E-state index contributed by atoms with van der Waals surface area (Å²) in [5, 5.41) is 0. The third kappa shape index (κ3) is 1.96. The molecule has 0 spiro atoms. The molecule has 3 rings (SSSR count). The van der Waals surface area contributed by atoms with E-state index < -0.39 is 0 Å². The van der Waals surface area contributed by atoms with Crippen molar-refractivity contribution >= 4 is 11.5 Å². The van der Waals surface area contributed by atoms with E-state index in [1.54, 1.807) is 0 Å². The normalized spacial score (nSPS) is 26.4. The molecule has 0 amide bonds. The van der Waals surface area contributed by atoms with Crippen molar-refractivity contribution in [1.82, 2.24) is 9.97 Å². The fourth-order valence-corrected chi connectivity index (χ4v) is 2.66. The van der Waals surface area contributed by atoms with Gasteiger partial charge in [-0.25, -0.2) is 4.98 Å². The predicted molar refractivity (Wildman–Crippen MR) is 67.7 cm³/mol. The van der Waals surface area contributed by atoms with E-state index in [0.717, 1.165) is 31.7 Å². The highest BCUT2D eigenvalue weighted by atomic mass is 16.5. The van der Waals surface area contributed by atoms with Gasteiger partial charge in [0.2, 0.25) is 5.88 Å². The number of fused-ring (bicyclic) bond motifs is 2. The van der Waals surface area contributed by atoms with Crippen LogP contribution in [0.4, 0.5) is 11.5 Å². The van der Waals surface area contributed by atoms with Gasteiger partial charge in [-0.05, 0) is 19.8 Å². The summed E-state index contributed by atoms with van der Waals surface area (Å²) in [6, 6.07) is 0. The summed E-state index contributed by atoms with van der Waals surface area (Å²) < 4.78 is 11.2. The number of nitrogens with two attached hydrogens (primary N) is 1. The zero-order chi connectivity index (χ0) is 12.5. The molecule has 0 aliphatic carbocycles. The van der Waals surface area contributed by atoms with Crippen molar-refractivity contribution in [2.75, 3.05) is 30.3 Å². The van der Waals surface area contributed by atoms with Gasteiger partial charge in [-0.3, -0.25) is 0 Å². The predicted octanol–water partition coefficient (Wildman–Crippen LogP) is 0.825. The molecular weight excluding hydrogens is 232 g/mol. The van der Waals surface area contributed by atoms with Gasteiger partial charge in [-0.1, -0.05) is 0 Å². The van der Waals surface area contributed by atoms with Gasteiger partial charge in [0, 0.05) is 13.1 Å². The van der Waals surface area contributed by atoms with Gasteiger partial charge in [0.1, 0.15) is 12.0 Å². The number of hydrogen-bond donors (Lipinski definition) is 1. The molecule has 1 aromatic rings. The fraction of sp³-hybridized carbons (Fsp3) is 0.667. The minimum atomic E-state index is 0.314. The zero-order valence-electron chi connectivity index (χ0n) is 10.5. The first-order chi connectivity index (χ1) is 8.78. The Labute approximate surface area is 106 Å². The molecule has 98 valence electrons. The monoisotopic (exact) mass is 250 g/mol. The quantitative estimate of drug-likeness (QED) is 0.856. The van der Waals surface area contributed by atoms with Crippen molar-refractivity contribution in [2.45, 2.75) is 32.0 Å². The van der Waals surface area contributed by atoms with Gasteiger partial charge < -0.3 is 20.1 Å². The summed E-state index contributed by atoms with van der Waals surface area (Å²) in [4.78, 5) is 10.5. The molecule has 0 radical (unpaired) electrons. The third-order valence-corrected chi connectivity index (χ3v) is 3.45. The molecule has 2 aliphatic rings. The minimum absolute atomic E-state index is 0.314. The van der Waals surface area contributed by atoms with Crippen molar-refractivity contribution in [3.05, 3.63) is 6.33 Å². The van der Waals surface area contributed by atoms with Crippen LogP contribution in [0.3, 0.4) is 0 Å². The minimum Gasteiger partial charge on any atom is -0.476 e. The maximum atomic E-state index is 6.08. The molecule has 18 heavy (non-hydrogen) atoms. The van der Waals surface area contributed by atoms with E-state index >= 15 is 0 Å². The molecule has 3 heterocycles. The summed E-state index contributed by atoms with van der Waals surface area (Å²) in [6.45, 7) is 4.16. The molecule has 2 atom stereocenters. The van der Waals surface area contributed by atoms with Crippen LogP contribution in [0, 0.1) is 0 Å². The molecule has 2 unspecified atom stereocenters. The second-order valence-corrected chi connectivity index (χ2v) is 4.71. The van der Waals surface area contributed by atoms with Gasteiger partial charge in [-0.2, -0.15) is 4.98 Å². The Morgan fingerprint density at radius 1 is 1.39 bits per heavy atom. The Balaban J connectivity index is 1.85. The smallest absolute Gasteiger partial charge is 0.242 e. The van der Waals surface area contributed by atoms with E-state index in [1.165, 1.54) is 6.33 Å². The number of morpholine rings is 1. The molecule has 6 nitrogen and oxygen atoms in total. The van der Waals surface area contributed by atoms with Crippen LogP contribution >= 0.6 is 0 Å². The van der Waals surface area contributed by atoms with Crippen LogP contribution in [0.1, 0.15) is 19.8 Å². The second kappa shape index (κ2) is 4.61. The van der Waals surface area contributed by atoms with E-state index in [2.05, 4.69) is 14.9 Å². The van der Waals surface area contributed by atoms with Crippen molar-refractivity contribution in [3.63, 3.8) is 0 Å². The first kappa shape index (κ1) is 11.5. The number of hydrogen-bond acceptors (Lipinski definition) is 6. The average molecular weight is 250 g/mol. The van der Waals surface area contributed by atoms with Crippen molar-refractivity contribution < 1.29 is 9.47 Å². The Kier molecular flexibility index (Phi) is 2.95. The highest BCUT2D eigenvalue weighted by Crippen LogP contribution is 2.33. The molecule has 0 aromatic carbocycles. The van der Waals surface area contributed by atoms with Crippen molar-refractivity contribution in [1.29, 1.82) is 0 Å². The molecular formula is C12H18N4O2. The van der Waals surface area contributed by atoms with Gasteiger partial charge in [0.05, 0.1) is 18.8 Å². The lowest BCUT2D eigenvalue weighted by Gasteiger charge is -2.33. The number of anilines is 2. The Hall–Kier alpha value is -1.56. The molecule has 2 saturated heterocycles. The van der Waals surface area contributed by atoms with Gasteiger partial charge in [0.25, 0.3) is 0 Å². The van der Waals surface area contributed by atoms with Crippen LogP contribution in [0.25, 0.3) is 0 Å². The lowest BCUT2D eigenvalue weighted by atomic mass is 10.2. The lowest BCUT2D eigenvalue weighted by molar-refractivity contribution is 0.0302. The van der Waals surface area contributed by atoms with Gasteiger partial charge in [0.15, 0.2) is 5.82 Å². The molecule has 6 heteroatoms. The van der Waals surface area contributed by atoms with Crippen LogP contribution in [0.5, 0.6) is 5.88 Å². The lowest BCUT2D eigenvalue weighted by Crippen LogP contribution is -2.43. The van der Waals surface area contributed by atoms with Crippen LogP contribution in [0.15, 0.2) is 6.33 Å². The highest BCUT2D eigenvalue weighted by molar-refractivity contribution is 5.68. The van der Waals surface area contributed by atoms with Crippen LogP contribution in [-0.4, -0.2) is 41.9 Å². The molecule has 1 aromatic heterocycles. The summed E-state index contributed by atoms with van der Waals surface area (Å²) in [5.74, 6) is 1.25. The molecule has 2 bridgehead atoms. The zero-order valence-corrected chi connectivity index (χ0v) is 10.5. The number of ether oxygens (including phenoxy) is 2. The Bertz CT molecular complexity index is 428. The van der Waals surface area contributed by atoms with E-state index in [0.29, 0.717) is 30.4 Å². The van der Waals surface area contributed by atoms with Crippen LogP contribution in [-0.2, 0) is 4.74 Å². The summed E-state index contributed by atoms with van der Waals surface area (Å²) in [6.07, 6.45) is 4.39. The molecule has 2 aliphatic heterocycles. The van der Waals surface area contributed by atoms with Gasteiger partial charge in [-0.15, -0.1) is 0 Å². The summed E-state index contributed by atoms with van der Waals surface area (Å²) in [5.41, 5.74) is 6.61. The maximum Gasteiger partial charge on any atom is 0.242 e. The maximum absolute atomic E-state index is 6.08.